The normalized spacial score (nSPS) is 11.1. The second kappa shape index (κ2) is 8.22. The molecule has 1 heterocycles. The number of nitrogens with zero attached hydrogens (tertiary/aromatic N) is 2. The van der Waals surface area contributed by atoms with Crippen molar-refractivity contribution in [2.75, 3.05) is 10.0 Å². The zero-order valence-electron chi connectivity index (χ0n) is 15.8. The molecule has 0 fully saturated rings. The van der Waals surface area contributed by atoms with Crippen molar-refractivity contribution in [1.29, 1.82) is 0 Å². The molecule has 7 nitrogen and oxygen atoms in total. The van der Waals surface area contributed by atoms with Crippen molar-refractivity contribution < 1.29 is 13.2 Å². The highest BCUT2D eigenvalue weighted by Crippen LogP contribution is 2.18. The van der Waals surface area contributed by atoms with Crippen molar-refractivity contribution in [3.63, 3.8) is 0 Å². The molecule has 0 saturated carbocycles. The van der Waals surface area contributed by atoms with Crippen molar-refractivity contribution in [3.8, 4) is 5.69 Å². The summed E-state index contributed by atoms with van der Waals surface area (Å²) in [6.07, 6.45) is 3.53. The minimum Gasteiger partial charge on any atom is -0.322 e. The summed E-state index contributed by atoms with van der Waals surface area (Å²) in [6, 6.07) is 23.4. The number of carbonyl (C=O) groups is 1. The Labute approximate surface area is 174 Å². The molecule has 0 atom stereocenters. The van der Waals surface area contributed by atoms with E-state index in [1.807, 2.05) is 24.4 Å². The largest absolute Gasteiger partial charge is 0.322 e. The van der Waals surface area contributed by atoms with Crippen LogP contribution in [-0.4, -0.2) is 24.1 Å². The molecule has 8 heteroatoms. The Morgan fingerprint density at radius 2 is 1.47 bits per heavy atom. The summed E-state index contributed by atoms with van der Waals surface area (Å²) in [5.41, 5.74) is 2.31. The van der Waals surface area contributed by atoms with Gasteiger partial charge in [-0.3, -0.25) is 9.52 Å². The van der Waals surface area contributed by atoms with Crippen LogP contribution in [0.15, 0.2) is 102 Å². The Hall–Kier alpha value is -3.91. The maximum absolute atomic E-state index is 12.5. The highest BCUT2D eigenvalue weighted by Gasteiger charge is 2.14. The van der Waals surface area contributed by atoms with Crippen LogP contribution in [0.2, 0.25) is 0 Å². The van der Waals surface area contributed by atoms with E-state index in [1.165, 1.54) is 12.1 Å². The molecule has 0 radical (unpaired) electrons. The molecule has 4 aromatic rings. The molecule has 1 aromatic heterocycles. The number of anilines is 2. The number of amides is 1. The van der Waals surface area contributed by atoms with Crippen LogP contribution in [0.25, 0.3) is 5.69 Å². The summed E-state index contributed by atoms with van der Waals surface area (Å²) in [5.74, 6) is -0.292. The van der Waals surface area contributed by atoms with Crippen LogP contribution >= 0.6 is 0 Å². The van der Waals surface area contributed by atoms with E-state index < -0.39 is 10.0 Å². The van der Waals surface area contributed by atoms with E-state index in [4.69, 9.17) is 0 Å². The van der Waals surface area contributed by atoms with E-state index in [1.54, 1.807) is 65.5 Å². The van der Waals surface area contributed by atoms with Gasteiger partial charge >= 0.3 is 0 Å². The van der Waals surface area contributed by atoms with E-state index in [-0.39, 0.29) is 10.8 Å². The van der Waals surface area contributed by atoms with Gasteiger partial charge in [0, 0.05) is 29.3 Å². The lowest BCUT2D eigenvalue weighted by atomic mass is 10.2. The molecule has 0 bridgehead atoms. The Balaban J connectivity index is 1.42. The van der Waals surface area contributed by atoms with Gasteiger partial charge < -0.3 is 5.32 Å². The van der Waals surface area contributed by atoms with Crippen molar-refractivity contribution in [3.05, 3.63) is 103 Å². The van der Waals surface area contributed by atoms with Crippen molar-refractivity contribution in [2.24, 2.45) is 0 Å². The Kier molecular flexibility index (Phi) is 5.32. The van der Waals surface area contributed by atoms with Gasteiger partial charge in [0.15, 0.2) is 0 Å². The van der Waals surface area contributed by atoms with Gasteiger partial charge in [-0.1, -0.05) is 18.2 Å². The third-order valence-corrected chi connectivity index (χ3v) is 5.74. The fourth-order valence-corrected chi connectivity index (χ4v) is 3.91. The first-order chi connectivity index (χ1) is 14.5. The molecule has 0 aliphatic carbocycles. The standard InChI is InChI=1S/C22H18N4O3S/c27-22(24-18-11-13-20(14-12-18)26-16-4-15-23-26)17-7-9-19(10-8-17)25-30(28,29)21-5-2-1-3-6-21/h1-16,25H,(H,24,27). The number of sulfonamides is 1. The second-order valence-electron chi connectivity index (χ2n) is 6.45. The molecule has 0 aliphatic heterocycles. The van der Waals surface area contributed by atoms with E-state index >= 15 is 0 Å². The molecule has 0 saturated heterocycles. The van der Waals surface area contributed by atoms with E-state index in [0.29, 0.717) is 16.9 Å². The number of nitrogens with one attached hydrogen (secondary N) is 2. The second-order valence-corrected chi connectivity index (χ2v) is 8.13. The van der Waals surface area contributed by atoms with Gasteiger partial charge in [0.2, 0.25) is 0 Å². The zero-order valence-corrected chi connectivity index (χ0v) is 16.6. The number of rotatable bonds is 6. The lowest BCUT2D eigenvalue weighted by Gasteiger charge is -2.10. The molecule has 0 unspecified atom stereocenters. The lowest BCUT2D eigenvalue weighted by Crippen LogP contribution is -2.14. The Morgan fingerprint density at radius 3 is 2.10 bits per heavy atom. The molecule has 2 N–H and O–H groups in total. The van der Waals surface area contributed by atoms with Crippen LogP contribution in [0.3, 0.4) is 0 Å². The third kappa shape index (κ3) is 4.39. The minimum atomic E-state index is -3.68. The zero-order chi connectivity index (χ0) is 21.0. The van der Waals surface area contributed by atoms with Crippen LogP contribution in [-0.2, 0) is 10.0 Å². The van der Waals surface area contributed by atoms with Crippen LogP contribution in [0.4, 0.5) is 11.4 Å². The SMILES string of the molecule is O=C(Nc1ccc(-n2cccn2)cc1)c1ccc(NS(=O)(=O)c2ccccc2)cc1. The van der Waals surface area contributed by atoms with Gasteiger partial charge in [-0.25, -0.2) is 13.1 Å². The van der Waals surface area contributed by atoms with Crippen molar-refractivity contribution in [1.82, 2.24) is 9.78 Å². The Morgan fingerprint density at radius 1 is 0.800 bits per heavy atom. The highest BCUT2D eigenvalue weighted by atomic mass is 32.2. The number of benzene rings is 3. The number of hydrogen-bond donors (Lipinski definition) is 2. The smallest absolute Gasteiger partial charge is 0.261 e. The highest BCUT2D eigenvalue weighted by molar-refractivity contribution is 7.92. The quantitative estimate of drug-likeness (QED) is 0.496. The monoisotopic (exact) mass is 418 g/mol. The van der Waals surface area contributed by atoms with Gasteiger partial charge in [0.05, 0.1) is 10.6 Å². The molecule has 1 amide bonds. The molecule has 0 spiro atoms. The summed E-state index contributed by atoms with van der Waals surface area (Å²) in [5, 5.41) is 6.98. The summed E-state index contributed by atoms with van der Waals surface area (Å²) in [4.78, 5) is 12.7. The average Bonchev–Trinajstić information content (AvgIpc) is 3.30. The minimum absolute atomic E-state index is 0.172. The van der Waals surface area contributed by atoms with Gasteiger partial charge in [-0.15, -0.1) is 0 Å². The van der Waals surface area contributed by atoms with Gasteiger partial charge in [0.1, 0.15) is 0 Å². The predicted molar refractivity (Wildman–Crippen MR) is 115 cm³/mol. The summed E-state index contributed by atoms with van der Waals surface area (Å²) < 4.78 is 29.0. The van der Waals surface area contributed by atoms with Crippen molar-refractivity contribution >= 4 is 27.3 Å². The first-order valence-electron chi connectivity index (χ1n) is 9.11. The van der Waals surface area contributed by atoms with Gasteiger partial charge in [-0.2, -0.15) is 5.10 Å². The van der Waals surface area contributed by atoms with Crippen molar-refractivity contribution in [2.45, 2.75) is 4.90 Å². The van der Waals surface area contributed by atoms with E-state index in [2.05, 4.69) is 15.1 Å². The van der Waals surface area contributed by atoms with Gasteiger partial charge in [-0.05, 0) is 66.7 Å². The topological polar surface area (TPSA) is 93.1 Å². The number of hydrogen-bond acceptors (Lipinski definition) is 4. The van der Waals surface area contributed by atoms with Crippen LogP contribution in [0, 0.1) is 0 Å². The maximum atomic E-state index is 12.5. The van der Waals surface area contributed by atoms with E-state index in [9.17, 15) is 13.2 Å². The fraction of sp³-hybridized carbons (Fsp3) is 0. The first kappa shape index (κ1) is 19.4. The fourth-order valence-electron chi connectivity index (χ4n) is 2.83. The molecule has 4 rings (SSSR count). The third-order valence-electron chi connectivity index (χ3n) is 4.35. The number of aromatic nitrogens is 2. The van der Waals surface area contributed by atoms with E-state index in [0.717, 1.165) is 5.69 Å². The predicted octanol–water partition coefficient (Wildman–Crippen LogP) is 3.93. The van der Waals surface area contributed by atoms with Crippen LogP contribution < -0.4 is 10.0 Å². The number of carbonyl (C=O) groups excluding carboxylic acids is 1. The van der Waals surface area contributed by atoms with Crippen LogP contribution in [0.1, 0.15) is 10.4 Å². The summed E-state index contributed by atoms with van der Waals surface area (Å²) in [6.45, 7) is 0. The summed E-state index contributed by atoms with van der Waals surface area (Å²) in [7, 11) is -3.68. The molecule has 3 aromatic carbocycles. The maximum Gasteiger partial charge on any atom is 0.261 e. The average molecular weight is 418 g/mol. The molecule has 30 heavy (non-hydrogen) atoms. The first-order valence-corrected chi connectivity index (χ1v) is 10.6. The van der Waals surface area contributed by atoms with Gasteiger partial charge in [0.25, 0.3) is 15.9 Å². The molecule has 0 aliphatic rings. The molecular formula is C22H18N4O3S. The lowest BCUT2D eigenvalue weighted by molar-refractivity contribution is 0.102. The molecule has 150 valence electrons. The summed E-state index contributed by atoms with van der Waals surface area (Å²) >= 11 is 0. The molecular weight excluding hydrogens is 400 g/mol. The van der Waals surface area contributed by atoms with Crippen LogP contribution in [0.5, 0.6) is 0 Å². The Bertz CT molecular complexity index is 1240.